The normalized spacial score (nSPS) is 12.8. The molecule has 0 unspecified atom stereocenters. The molecule has 0 rings (SSSR count). The van der Waals surface area contributed by atoms with Crippen molar-refractivity contribution in [3.63, 3.8) is 0 Å². The van der Waals surface area contributed by atoms with Gasteiger partial charge in [0.2, 0.25) is 0 Å². The van der Waals surface area contributed by atoms with Crippen LogP contribution in [0.1, 0.15) is 303 Å². The van der Waals surface area contributed by atoms with Crippen LogP contribution in [0.3, 0.4) is 0 Å². The molecule has 0 bridgehead atoms. The highest BCUT2D eigenvalue weighted by Crippen LogP contribution is 2.16. The molecule has 0 N–H and O–H groups in total. The molecule has 0 aliphatic carbocycles. The fraction of sp³-hybridized carbons (Fsp3) is 0.761. The molecule has 0 aliphatic heterocycles. The third-order valence-corrected chi connectivity index (χ3v) is 13.5. The first-order valence-corrected chi connectivity index (χ1v) is 31.1. The summed E-state index contributed by atoms with van der Waals surface area (Å²) in [5, 5.41) is 0. The van der Waals surface area contributed by atoms with Crippen LogP contribution in [0.5, 0.6) is 0 Å². The topological polar surface area (TPSA) is 61.8 Å². The second kappa shape index (κ2) is 62.4. The SMILES string of the molecule is CC/C=C\C/C=C\C/C=C\C/C=C\C/C=C\C/C=C\CCC(=O)OC[C@H](COC(=O)CCCCCCCCCCCCC/C=C\CCCCCCCC)OCCCCCCCCCCCCCCCCCC. The lowest BCUT2D eigenvalue weighted by Crippen LogP contribution is -2.29. The van der Waals surface area contributed by atoms with E-state index in [-0.39, 0.29) is 25.2 Å². The van der Waals surface area contributed by atoms with Gasteiger partial charge in [-0.25, -0.2) is 0 Å². The second-order valence-corrected chi connectivity index (χ2v) is 20.6. The highest BCUT2D eigenvalue weighted by atomic mass is 16.6. The number of hydrogen-bond acceptors (Lipinski definition) is 5. The summed E-state index contributed by atoms with van der Waals surface area (Å²) in [4.78, 5) is 25.4. The van der Waals surface area contributed by atoms with Gasteiger partial charge in [0.15, 0.2) is 0 Å². The Morgan fingerprint density at radius 3 is 0.972 bits per heavy atom. The summed E-state index contributed by atoms with van der Waals surface area (Å²) >= 11 is 0. The molecular formula is C67H118O5. The van der Waals surface area contributed by atoms with Crippen molar-refractivity contribution in [1.29, 1.82) is 0 Å². The molecule has 416 valence electrons. The van der Waals surface area contributed by atoms with E-state index in [0.717, 1.165) is 64.2 Å². The average Bonchev–Trinajstić information content (AvgIpc) is 3.38. The van der Waals surface area contributed by atoms with E-state index < -0.39 is 6.10 Å². The van der Waals surface area contributed by atoms with Gasteiger partial charge in [-0.2, -0.15) is 0 Å². The first-order chi connectivity index (χ1) is 35.6. The van der Waals surface area contributed by atoms with Gasteiger partial charge in [0.05, 0.1) is 0 Å². The largest absolute Gasteiger partial charge is 0.463 e. The Morgan fingerprint density at radius 2 is 0.597 bits per heavy atom. The van der Waals surface area contributed by atoms with Gasteiger partial charge >= 0.3 is 11.9 Å². The number of hydrogen-bond donors (Lipinski definition) is 0. The first-order valence-electron chi connectivity index (χ1n) is 31.1. The molecule has 72 heavy (non-hydrogen) atoms. The van der Waals surface area contributed by atoms with Crippen molar-refractivity contribution in [3.05, 3.63) is 85.1 Å². The van der Waals surface area contributed by atoms with Gasteiger partial charge in [-0.15, -0.1) is 0 Å². The molecule has 0 fully saturated rings. The molecule has 0 radical (unpaired) electrons. The molecule has 0 spiro atoms. The van der Waals surface area contributed by atoms with Crippen LogP contribution < -0.4 is 0 Å². The highest BCUT2D eigenvalue weighted by molar-refractivity contribution is 5.70. The van der Waals surface area contributed by atoms with E-state index in [9.17, 15) is 9.59 Å². The number of carbonyl (C=O) groups excluding carboxylic acids is 2. The quantitative estimate of drug-likeness (QED) is 0.0345. The Bertz CT molecular complexity index is 1320. The highest BCUT2D eigenvalue weighted by Gasteiger charge is 2.16. The van der Waals surface area contributed by atoms with Gasteiger partial charge in [0.1, 0.15) is 19.3 Å². The fourth-order valence-electron chi connectivity index (χ4n) is 8.80. The van der Waals surface area contributed by atoms with Crippen LogP contribution in [0.4, 0.5) is 0 Å². The van der Waals surface area contributed by atoms with E-state index in [1.54, 1.807) is 0 Å². The summed E-state index contributed by atoms with van der Waals surface area (Å²) in [6, 6.07) is 0. The average molecular weight is 1000 g/mol. The third-order valence-electron chi connectivity index (χ3n) is 13.5. The minimum Gasteiger partial charge on any atom is -0.463 e. The number of esters is 2. The van der Waals surface area contributed by atoms with Crippen LogP contribution in [0.25, 0.3) is 0 Å². The second-order valence-electron chi connectivity index (χ2n) is 20.6. The van der Waals surface area contributed by atoms with Crippen molar-refractivity contribution in [2.45, 2.75) is 309 Å². The van der Waals surface area contributed by atoms with Crippen molar-refractivity contribution >= 4 is 11.9 Å². The van der Waals surface area contributed by atoms with Gasteiger partial charge in [-0.3, -0.25) is 9.59 Å². The van der Waals surface area contributed by atoms with Crippen molar-refractivity contribution < 1.29 is 23.8 Å². The van der Waals surface area contributed by atoms with Crippen LogP contribution >= 0.6 is 0 Å². The Morgan fingerprint density at radius 1 is 0.306 bits per heavy atom. The molecule has 1 atom stereocenters. The Kier molecular flexibility index (Phi) is 59.8. The molecule has 0 aromatic carbocycles. The zero-order chi connectivity index (χ0) is 52.0. The van der Waals surface area contributed by atoms with Crippen LogP contribution in [-0.4, -0.2) is 37.9 Å². The van der Waals surface area contributed by atoms with Crippen molar-refractivity contribution in [2.24, 2.45) is 0 Å². The molecule has 0 aromatic rings. The summed E-state index contributed by atoms with van der Waals surface area (Å²) in [5.41, 5.74) is 0. The maximum atomic E-state index is 12.7. The molecule has 0 aliphatic rings. The molecule has 5 heteroatoms. The summed E-state index contributed by atoms with van der Waals surface area (Å²) in [6.45, 7) is 7.57. The molecule has 0 saturated heterocycles. The smallest absolute Gasteiger partial charge is 0.306 e. The number of ether oxygens (including phenoxy) is 3. The van der Waals surface area contributed by atoms with Gasteiger partial charge in [-0.1, -0.05) is 292 Å². The maximum absolute atomic E-state index is 12.7. The van der Waals surface area contributed by atoms with Crippen LogP contribution in [0, 0.1) is 0 Å². The standard InChI is InChI=1S/C67H118O5/c1-4-7-10-13-16-19-22-25-28-31-33-34-36-38-40-43-46-49-52-55-58-61-67(69)72-64-65(70-62-59-56-53-50-47-44-41-30-27-24-21-18-15-12-9-6-3)63-71-66(68)60-57-54-51-48-45-42-39-37-35-32-29-26-23-20-17-14-11-8-5-2/h8,11,17,20,25-26,28-29,35,37,42,45,51,54,65H,4-7,9-10,12-16,18-19,21-24,27,30-34,36,38-41,43-44,46-50,52-53,55-64H2,1-3H3/b11-8-,20-17-,28-25-,29-26-,37-35-,45-42-,54-51-/t65-/m1/s1. The lowest BCUT2D eigenvalue weighted by Gasteiger charge is -2.18. The molecule has 5 nitrogen and oxygen atoms in total. The summed E-state index contributed by atoms with van der Waals surface area (Å²) in [7, 11) is 0. The van der Waals surface area contributed by atoms with Crippen molar-refractivity contribution in [2.75, 3.05) is 19.8 Å². The van der Waals surface area contributed by atoms with Gasteiger partial charge in [0.25, 0.3) is 0 Å². The van der Waals surface area contributed by atoms with Crippen LogP contribution in [-0.2, 0) is 23.8 Å². The summed E-state index contributed by atoms with van der Waals surface area (Å²) in [6.07, 6.45) is 83.7. The molecule has 0 aromatic heterocycles. The lowest BCUT2D eigenvalue weighted by atomic mass is 10.0. The zero-order valence-electron chi connectivity index (χ0n) is 47.9. The van der Waals surface area contributed by atoms with E-state index in [2.05, 4.69) is 99.8 Å². The van der Waals surface area contributed by atoms with E-state index in [0.29, 0.717) is 25.9 Å². The van der Waals surface area contributed by atoms with E-state index in [4.69, 9.17) is 14.2 Å². The van der Waals surface area contributed by atoms with Gasteiger partial charge < -0.3 is 14.2 Å². The predicted molar refractivity (Wildman–Crippen MR) is 316 cm³/mol. The first kappa shape index (κ1) is 69.1. The number of rotatable bonds is 57. The lowest BCUT2D eigenvalue weighted by molar-refractivity contribution is -0.155. The summed E-state index contributed by atoms with van der Waals surface area (Å²) in [5.74, 6) is -0.419. The predicted octanol–water partition coefficient (Wildman–Crippen LogP) is 21.6. The third kappa shape index (κ3) is 59.6. The maximum Gasteiger partial charge on any atom is 0.306 e. The fourth-order valence-corrected chi connectivity index (χ4v) is 8.80. The molecule has 0 amide bonds. The van der Waals surface area contributed by atoms with E-state index in [1.165, 1.54) is 199 Å². The van der Waals surface area contributed by atoms with E-state index >= 15 is 0 Å². The van der Waals surface area contributed by atoms with Crippen LogP contribution in [0.2, 0.25) is 0 Å². The Labute approximate surface area is 448 Å². The van der Waals surface area contributed by atoms with Crippen LogP contribution in [0.15, 0.2) is 85.1 Å². The minimum atomic E-state index is -0.434. The monoisotopic (exact) mass is 1000 g/mol. The number of allylic oxidation sites excluding steroid dienone is 14. The number of unbranched alkanes of at least 4 members (excludes halogenated alkanes) is 32. The van der Waals surface area contributed by atoms with E-state index in [1.807, 2.05) is 6.08 Å². The Balaban J connectivity index is 4.33. The summed E-state index contributed by atoms with van der Waals surface area (Å²) < 4.78 is 17.5. The minimum absolute atomic E-state index is 0.116. The van der Waals surface area contributed by atoms with Crippen molar-refractivity contribution in [1.82, 2.24) is 0 Å². The molecule has 0 saturated carbocycles. The van der Waals surface area contributed by atoms with Crippen molar-refractivity contribution in [3.8, 4) is 0 Å². The molecular weight excluding hydrogens is 885 g/mol. The number of carbonyl (C=O) groups is 2. The van der Waals surface area contributed by atoms with Gasteiger partial charge in [0, 0.05) is 19.4 Å². The van der Waals surface area contributed by atoms with Gasteiger partial charge in [-0.05, 0) is 83.5 Å². The zero-order valence-corrected chi connectivity index (χ0v) is 47.9. The Hall–Kier alpha value is -2.92. The molecule has 0 heterocycles.